The van der Waals surface area contributed by atoms with E-state index in [0.717, 1.165) is 28.3 Å². The van der Waals surface area contributed by atoms with Crippen LogP contribution in [0.2, 0.25) is 0 Å². The first-order valence-corrected chi connectivity index (χ1v) is 4.53. The van der Waals surface area contributed by atoms with E-state index in [1.807, 2.05) is 19.9 Å². The Hall–Kier alpha value is -1.70. The van der Waals surface area contributed by atoms with Crippen molar-refractivity contribution in [1.29, 1.82) is 0 Å². The van der Waals surface area contributed by atoms with Crippen LogP contribution in [-0.4, -0.2) is 11.3 Å². The molecule has 0 aliphatic carbocycles. The fourth-order valence-corrected chi connectivity index (χ4v) is 1.74. The highest BCUT2D eigenvalue weighted by molar-refractivity contribution is 5.97. The van der Waals surface area contributed by atoms with Gasteiger partial charge in [-0.2, -0.15) is 0 Å². The topological polar surface area (TPSA) is 30.0 Å². The monoisotopic (exact) mass is 185 g/mol. The van der Waals surface area contributed by atoms with E-state index in [1.54, 1.807) is 12.3 Å². The minimum absolute atomic E-state index is 0.710. The lowest BCUT2D eigenvalue weighted by Crippen LogP contribution is -1.90. The molecule has 0 saturated carbocycles. The fraction of sp³-hybridized carbons (Fsp3) is 0.167. The Balaban J connectivity index is 2.93. The molecule has 0 aliphatic rings. The van der Waals surface area contributed by atoms with Crippen LogP contribution in [0.25, 0.3) is 10.9 Å². The Morgan fingerprint density at radius 1 is 1.29 bits per heavy atom. The molecule has 0 saturated heterocycles. The van der Waals surface area contributed by atoms with E-state index in [9.17, 15) is 4.79 Å². The van der Waals surface area contributed by atoms with Crippen LogP contribution in [0, 0.1) is 13.8 Å². The van der Waals surface area contributed by atoms with Crippen molar-refractivity contribution in [3.05, 3.63) is 41.1 Å². The molecule has 2 heteroatoms. The molecule has 0 amide bonds. The van der Waals surface area contributed by atoms with Crippen LogP contribution in [0.15, 0.2) is 24.4 Å². The fourth-order valence-electron chi connectivity index (χ4n) is 1.74. The SMILES string of the molecule is Cc1cc(C)c2nccc(C=O)c2c1. The van der Waals surface area contributed by atoms with Crippen LogP contribution in [0.1, 0.15) is 21.5 Å². The number of aryl methyl sites for hydroxylation is 2. The van der Waals surface area contributed by atoms with Crippen LogP contribution in [0.4, 0.5) is 0 Å². The maximum absolute atomic E-state index is 10.8. The van der Waals surface area contributed by atoms with Gasteiger partial charge in [-0.05, 0) is 31.5 Å². The molecule has 0 bridgehead atoms. The number of rotatable bonds is 1. The van der Waals surface area contributed by atoms with E-state index in [1.165, 1.54) is 0 Å². The molecule has 2 aromatic rings. The maximum Gasteiger partial charge on any atom is 0.150 e. The van der Waals surface area contributed by atoms with Gasteiger partial charge in [0.25, 0.3) is 0 Å². The summed E-state index contributed by atoms with van der Waals surface area (Å²) in [6.45, 7) is 4.03. The van der Waals surface area contributed by atoms with Gasteiger partial charge in [0.2, 0.25) is 0 Å². The highest BCUT2D eigenvalue weighted by atomic mass is 16.1. The standard InChI is InChI=1S/C12H11NO/c1-8-5-9(2)12-11(6-8)10(7-14)3-4-13-12/h3-7H,1-2H3. The number of aldehydes is 1. The number of aromatic nitrogens is 1. The van der Waals surface area contributed by atoms with E-state index in [2.05, 4.69) is 11.1 Å². The van der Waals surface area contributed by atoms with Crippen molar-refractivity contribution in [2.45, 2.75) is 13.8 Å². The van der Waals surface area contributed by atoms with E-state index in [-0.39, 0.29) is 0 Å². The van der Waals surface area contributed by atoms with E-state index in [0.29, 0.717) is 5.56 Å². The summed E-state index contributed by atoms with van der Waals surface area (Å²) in [6, 6.07) is 5.82. The summed E-state index contributed by atoms with van der Waals surface area (Å²) < 4.78 is 0. The number of carbonyl (C=O) groups excluding carboxylic acids is 1. The summed E-state index contributed by atoms with van der Waals surface area (Å²) in [5, 5.41) is 0.944. The molecular formula is C12H11NO. The lowest BCUT2D eigenvalue weighted by Gasteiger charge is -2.04. The first-order valence-electron chi connectivity index (χ1n) is 4.53. The molecular weight excluding hydrogens is 174 g/mol. The van der Waals surface area contributed by atoms with Crippen LogP contribution in [0.3, 0.4) is 0 Å². The van der Waals surface area contributed by atoms with Gasteiger partial charge in [-0.15, -0.1) is 0 Å². The lowest BCUT2D eigenvalue weighted by atomic mass is 10.0. The summed E-state index contributed by atoms with van der Waals surface area (Å²) >= 11 is 0. The molecule has 1 heterocycles. The number of nitrogens with zero attached hydrogens (tertiary/aromatic N) is 1. The van der Waals surface area contributed by atoms with Crippen molar-refractivity contribution in [3.8, 4) is 0 Å². The first-order chi connectivity index (χ1) is 6.72. The lowest BCUT2D eigenvalue weighted by molar-refractivity contribution is 0.112. The van der Waals surface area contributed by atoms with Crippen LogP contribution < -0.4 is 0 Å². The Kier molecular flexibility index (Phi) is 2.04. The Bertz CT molecular complexity index is 503. The van der Waals surface area contributed by atoms with Gasteiger partial charge in [0.05, 0.1) is 5.52 Å². The number of pyridine rings is 1. The van der Waals surface area contributed by atoms with E-state index >= 15 is 0 Å². The Morgan fingerprint density at radius 3 is 2.79 bits per heavy atom. The number of benzene rings is 1. The largest absolute Gasteiger partial charge is 0.298 e. The molecule has 0 atom stereocenters. The predicted octanol–water partition coefficient (Wildman–Crippen LogP) is 2.66. The molecule has 14 heavy (non-hydrogen) atoms. The second kappa shape index (κ2) is 3.22. The number of carbonyl (C=O) groups is 1. The molecule has 1 aromatic carbocycles. The van der Waals surface area contributed by atoms with Gasteiger partial charge in [-0.3, -0.25) is 9.78 Å². The summed E-state index contributed by atoms with van der Waals surface area (Å²) in [5.74, 6) is 0. The Labute approximate surface area is 82.6 Å². The molecule has 0 spiro atoms. The third-order valence-electron chi connectivity index (χ3n) is 2.34. The minimum Gasteiger partial charge on any atom is -0.298 e. The van der Waals surface area contributed by atoms with Gasteiger partial charge in [-0.25, -0.2) is 0 Å². The van der Waals surface area contributed by atoms with Gasteiger partial charge in [0, 0.05) is 17.1 Å². The summed E-state index contributed by atoms with van der Waals surface area (Å²) in [6.07, 6.45) is 2.55. The molecule has 70 valence electrons. The Morgan fingerprint density at radius 2 is 2.07 bits per heavy atom. The first kappa shape index (κ1) is 8.88. The highest BCUT2D eigenvalue weighted by Gasteiger charge is 2.03. The molecule has 0 fully saturated rings. The van der Waals surface area contributed by atoms with Crippen LogP contribution >= 0.6 is 0 Å². The number of fused-ring (bicyclic) bond motifs is 1. The summed E-state index contributed by atoms with van der Waals surface area (Å²) in [7, 11) is 0. The third kappa shape index (κ3) is 1.29. The zero-order chi connectivity index (χ0) is 10.1. The number of hydrogen-bond acceptors (Lipinski definition) is 2. The smallest absolute Gasteiger partial charge is 0.150 e. The van der Waals surface area contributed by atoms with Crippen molar-refractivity contribution < 1.29 is 4.79 Å². The number of hydrogen-bond donors (Lipinski definition) is 0. The van der Waals surface area contributed by atoms with Crippen molar-refractivity contribution in [1.82, 2.24) is 4.98 Å². The van der Waals surface area contributed by atoms with Crippen molar-refractivity contribution in [3.63, 3.8) is 0 Å². The molecule has 0 radical (unpaired) electrons. The second-order valence-corrected chi connectivity index (χ2v) is 3.50. The van der Waals surface area contributed by atoms with Crippen molar-refractivity contribution in [2.75, 3.05) is 0 Å². The van der Waals surface area contributed by atoms with Gasteiger partial charge >= 0.3 is 0 Å². The van der Waals surface area contributed by atoms with Crippen LogP contribution in [0.5, 0.6) is 0 Å². The zero-order valence-corrected chi connectivity index (χ0v) is 8.24. The molecule has 1 aromatic heterocycles. The van der Waals surface area contributed by atoms with Gasteiger partial charge in [0.1, 0.15) is 0 Å². The van der Waals surface area contributed by atoms with Gasteiger partial charge in [-0.1, -0.05) is 11.6 Å². The van der Waals surface area contributed by atoms with E-state index in [4.69, 9.17) is 0 Å². The van der Waals surface area contributed by atoms with Crippen molar-refractivity contribution in [2.24, 2.45) is 0 Å². The average molecular weight is 185 g/mol. The van der Waals surface area contributed by atoms with Gasteiger partial charge < -0.3 is 0 Å². The normalized spacial score (nSPS) is 10.4. The molecule has 0 N–H and O–H groups in total. The van der Waals surface area contributed by atoms with E-state index < -0.39 is 0 Å². The molecule has 2 rings (SSSR count). The quantitative estimate of drug-likeness (QED) is 0.639. The maximum atomic E-state index is 10.8. The predicted molar refractivity (Wildman–Crippen MR) is 56.6 cm³/mol. The minimum atomic E-state index is 0.710. The molecule has 2 nitrogen and oxygen atoms in total. The third-order valence-corrected chi connectivity index (χ3v) is 2.34. The molecule has 0 aliphatic heterocycles. The summed E-state index contributed by atoms with van der Waals surface area (Å²) in [5.41, 5.74) is 3.90. The average Bonchev–Trinajstić information content (AvgIpc) is 2.17. The molecule has 0 unspecified atom stereocenters. The van der Waals surface area contributed by atoms with Crippen molar-refractivity contribution >= 4 is 17.2 Å². The zero-order valence-electron chi connectivity index (χ0n) is 8.24. The van der Waals surface area contributed by atoms with Gasteiger partial charge in [0.15, 0.2) is 6.29 Å². The second-order valence-electron chi connectivity index (χ2n) is 3.50. The summed E-state index contributed by atoms with van der Waals surface area (Å²) in [4.78, 5) is 15.1. The van der Waals surface area contributed by atoms with Crippen LogP contribution in [-0.2, 0) is 0 Å². The highest BCUT2D eigenvalue weighted by Crippen LogP contribution is 2.20.